The normalized spacial score (nSPS) is 33.3. The Morgan fingerprint density at radius 1 is 0.925 bits per heavy atom. The second-order valence-corrected chi connectivity index (χ2v) is 15.2. The minimum Gasteiger partial charge on any atom is -0.458 e. The van der Waals surface area contributed by atoms with Gasteiger partial charge in [-0.1, -0.05) is 82.7 Å². The lowest BCUT2D eigenvalue weighted by Crippen LogP contribution is -2.54. The summed E-state index contributed by atoms with van der Waals surface area (Å²) in [4.78, 5) is 14.4. The lowest BCUT2D eigenvalue weighted by molar-refractivity contribution is -0.0993. The number of hydrogen-bond donors (Lipinski definition) is 0. The first-order valence-electron chi connectivity index (χ1n) is 15.5. The molecule has 1 saturated carbocycles. The zero-order valence-corrected chi connectivity index (χ0v) is 25.9. The van der Waals surface area contributed by atoms with Crippen molar-refractivity contribution in [1.82, 2.24) is 0 Å². The highest BCUT2D eigenvalue weighted by Gasteiger charge is 2.58. The van der Waals surface area contributed by atoms with Crippen LogP contribution >= 0.6 is 11.8 Å². The highest BCUT2D eigenvalue weighted by Crippen LogP contribution is 2.67. The van der Waals surface area contributed by atoms with Crippen molar-refractivity contribution < 1.29 is 9.53 Å². The molecule has 1 fully saturated rings. The number of hydrogen-bond acceptors (Lipinski definition) is 3. The van der Waals surface area contributed by atoms with Crippen molar-refractivity contribution in [2.45, 2.75) is 90.6 Å². The van der Waals surface area contributed by atoms with Crippen molar-refractivity contribution in [3.8, 4) is 0 Å². The van der Waals surface area contributed by atoms with E-state index < -0.39 is 0 Å². The summed E-state index contributed by atoms with van der Waals surface area (Å²) in [5, 5.41) is 0. The fourth-order valence-electron chi connectivity index (χ4n) is 9.41. The highest BCUT2D eigenvalue weighted by molar-refractivity contribution is 7.99. The molecule has 0 bridgehead atoms. The fourth-order valence-corrected chi connectivity index (χ4v) is 10.4. The smallest absolute Gasteiger partial charge is 0.338 e. The Kier molecular flexibility index (Phi) is 7.35. The first-order valence-corrected chi connectivity index (χ1v) is 16.5. The lowest BCUT2D eigenvalue weighted by atomic mass is 9.46. The van der Waals surface area contributed by atoms with Gasteiger partial charge < -0.3 is 4.74 Å². The van der Waals surface area contributed by atoms with Crippen LogP contribution in [0, 0.1) is 34.0 Å². The highest BCUT2D eigenvalue weighted by atomic mass is 32.2. The number of ether oxygens (including phenoxy) is 1. The molecule has 212 valence electrons. The van der Waals surface area contributed by atoms with E-state index in [2.05, 4.69) is 71.0 Å². The van der Waals surface area contributed by atoms with Crippen molar-refractivity contribution in [3.63, 3.8) is 0 Å². The molecule has 4 aliphatic carbocycles. The molecule has 0 aliphatic heterocycles. The average Bonchev–Trinajstić information content (AvgIpc) is 3.31. The second-order valence-electron chi connectivity index (χ2n) is 14.1. The van der Waals surface area contributed by atoms with Gasteiger partial charge in [0.25, 0.3) is 0 Å². The first kappa shape index (κ1) is 27.9. The van der Waals surface area contributed by atoms with Crippen LogP contribution in [-0.4, -0.2) is 17.8 Å². The van der Waals surface area contributed by atoms with E-state index in [1.54, 1.807) is 16.7 Å². The number of carbonyl (C=O) groups is 1. The van der Waals surface area contributed by atoms with Crippen LogP contribution < -0.4 is 0 Å². The summed E-state index contributed by atoms with van der Waals surface area (Å²) >= 11 is 2.02. The number of thioether (sulfide) groups is 1. The molecule has 6 rings (SSSR count). The Hall–Kier alpha value is -2.26. The van der Waals surface area contributed by atoms with Crippen LogP contribution in [0.2, 0.25) is 0 Å². The summed E-state index contributed by atoms with van der Waals surface area (Å²) in [6.45, 7) is 12.4. The van der Waals surface area contributed by atoms with Crippen molar-refractivity contribution in [2.24, 2.45) is 34.0 Å². The summed E-state index contributed by atoms with van der Waals surface area (Å²) < 4.78 is 6.24. The van der Waals surface area contributed by atoms with Gasteiger partial charge in [0.05, 0.1) is 5.56 Å². The van der Waals surface area contributed by atoms with Gasteiger partial charge in [-0.3, -0.25) is 0 Å². The lowest BCUT2D eigenvalue weighted by Gasteiger charge is -2.59. The van der Waals surface area contributed by atoms with Gasteiger partial charge in [0, 0.05) is 16.1 Å². The van der Waals surface area contributed by atoms with Crippen LogP contribution in [0.3, 0.4) is 0 Å². The van der Waals surface area contributed by atoms with Crippen molar-refractivity contribution >= 4 is 17.7 Å². The summed E-state index contributed by atoms with van der Waals surface area (Å²) in [5.41, 5.74) is 6.27. The minimum absolute atomic E-state index is 0.0349. The van der Waals surface area contributed by atoms with Crippen LogP contribution in [0.4, 0.5) is 0 Å². The van der Waals surface area contributed by atoms with Crippen LogP contribution in [0.5, 0.6) is 0 Å². The number of esters is 1. The van der Waals surface area contributed by atoms with Gasteiger partial charge >= 0.3 is 5.97 Å². The Labute approximate surface area is 246 Å². The molecule has 6 atom stereocenters. The maximum atomic E-state index is 13.0. The quantitative estimate of drug-likeness (QED) is 0.262. The average molecular weight is 555 g/mol. The minimum atomic E-state index is -0.173. The fraction of sp³-hybridized carbons (Fsp3) is 0.541. The molecule has 0 aromatic heterocycles. The molecule has 0 N–H and O–H groups in total. The van der Waals surface area contributed by atoms with E-state index in [9.17, 15) is 4.79 Å². The molecule has 2 aromatic carbocycles. The van der Waals surface area contributed by atoms with Crippen molar-refractivity contribution in [3.05, 3.63) is 89.0 Å². The molecule has 0 saturated heterocycles. The van der Waals surface area contributed by atoms with E-state index in [0.717, 1.165) is 18.8 Å². The van der Waals surface area contributed by atoms with E-state index in [-0.39, 0.29) is 22.9 Å². The number of rotatable bonds is 6. The second kappa shape index (κ2) is 10.5. The molecule has 40 heavy (non-hydrogen) atoms. The summed E-state index contributed by atoms with van der Waals surface area (Å²) in [5.74, 6) is 2.96. The molecule has 0 radical (unpaired) electrons. The third-order valence-corrected chi connectivity index (χ3v) is 12.9. The van der Waals surface area contributed by atoms with Gasteiger partial charge in [0.1, 0.15) is 6.10 Å². The van der Waals surface area contributed by atoms with E-state index in [0.29, 0.717) is 22.8 Å². The summed E-state index contributed by atoms with van der Waals surface area (Å²) in [7, 11) is 0. The largest absolute Gasteiger partial charge is 0.458 e. The Morgan fingerprint density at radius 3 is 2.35 bits per heavy atom. The number of fused-ring (bicyclic) bond motifs is 4. The van der Waals surface area contributed by atoms with E-state index in [4.69, 9.17) is 4.74 Å². The Balaban J connectivity index is 1.20. The van der Waals surface area contributed by atoms with E-state index in [1.807, 2.05) is 42.1 Å². The molecular formula is C37H46O2S. The molecule has 2 aromatic rings. The summed E-state index contributed by atoms with van der Waals surface area (Å²) in [6, 6.07) is 20.4. The number of allylic oxidation sites excluding steroid dienone is 4. The van der Waals surface area contributed by atoms with Gasteiger partial charge in [-0.15, -0.1) is 11.8 Å². The van der Waals surface area contributed by atoms with Gasteiger partial charge in [-0.25, -0.2) is 4.79 Å². The van der Waals surface area contributed by atoms with Crippen LogP contribution in [-0.2, 0) is 4.74 Å². The van der Waals surface area contributed by atoms with Crippen LogP contribution in [0.1, 0.15) is 89.9 Å². The predicted molar refractivity (Wildman–Crippen MR) is 166 cm³/mol. The zero-order valence-electron chi connectivity index (χ0n) is 25.0. The third kappa shape index (κ3) is 4.61. The monoisotopic (exact) mass is 554 g/mol. The Morgan fingerprint density at radius 2 is 1.62 bits per heavy atom. The van der Waals surface area contributed by atoms with E-state index in [1.165, 1.54) is 42.8 Å². The first-order chi connectivity index (χ1) is 19.1. The molecule has 0 spiro atoms. The summed E-state index contributed by atoms with van der Waals surface area (Å²) in [6.07, 6.45) is 10.8. The number of benzene rings is 2. The van der Waals surface area contributed by atoms with Gasteiger partial charge in [-0.05, 0) is 109 Å². The molecule has 4 aliphatic rings. The van der Waals surface area contributed by atoms with Gasteiger partial charge in [0.2, 0.25) is 0 Å². The topological polar surface area (TPSA) is 26.3 Å². The Bertz CT molecular complexity index is 1310. The maximum Gasteiger partial charge on any atom is 0.338 e. The van der Waals surface area contributed by atoms with Gasteiger partial charge in [0.15, 0.2) is 0 Å². The molecular weight excluding hydrogens is 508 g/mol. The van der Waals surface area contributed by atoms with Crippen LogP contribution in [0.15, 0.2) is 88.4 Å². The number of carbonyl (C=O) groups excluding carboxylic acids is 1. The zero-order chi connectivity index (χ0) is 28.1. The van der Waals surface area contributed by atoms with Crippen molar-refractivity contribution in [1.29, 1.82) is 0 Å². The maximum absolute atomic E-state index is 13.0. The standard InChI is InChI=1S/C37H46O2S/c1-25(24-40-27-14-10-7-11-15-27)29-17-18-30-28-16-19-32-35(2,3)33(39-34(38)26-12-8-6-9-13-26)21-23-37(32,5)31(28)20-22-36(29,30)4/h6-15,18,25,29,32-33H,16-17,19-24H2,1-5H3/t25-,29-,32+,33+,36-,37-/m1/s1. The molecule has 2 nitrogen and oxygen atoms in total. The third-order valence-electron chi connectivity index (χ3n) is 11.6. The molecule has 0 heterocycles. The van der Waals surface area contributed by atoms with Crippen molar-refractivity contribution in [2.75, 3.05) is 5.75 Å². The predicted octanol–water partition coefficient (Wildman–Crippen LogP) is 9.92. The van der Waals surface area contributed by atoms with Gasteiger partial charge in [-0.2, -0.15) is 0 Å². The molecule has 3 heteroatoms. The van der Waals surface area contributed by atoms with Crippen LogP contribution in [0.25, 0.3) is 0 Å². The SMILES string of the molecule is C[C@H](CSc1ccccc1)[C@H]1CC=C2C3=C(CC[C@@]21C)[C@@]1(C)CC[C@H](OC(=O)c2ccccc2)C(C)(C)[C@@H]1CC3. The molecule has 0 amide bonds. The molecule has 0 unspecified atom stereocenters. The van der Waals surface area contributed by atoms with E-state index >= 15 is 0 Å².